The Kier molecular flexibility index (Phi) is 4.70. The number of amides is 1. The molecule has 4 nitrogen and oxygen atoms in total. The topological polar surface area (TPSA) is 46.9 Å². The number of nitrogens with zero attached hydrogens (tertiary/aromatic N) is 2. The van der Waals surface area contributed by atoms with Crippen molar-refractivity contribution in [3.63, 3.8) is 0 Å². The fourth-order valence-electron chi connectivity index (χ4n) is 2.92. The van der Waals surface area contributed by atoms with Crippen LogP contribution in [0.5, 0.6) is 0 Å². The number of carbonyl (C=O) groups excluding carboxylic acids is 1. The SMILES string of the molecule is CNC(=O)c1ccc(-c2ccc(C(C)C)c(-n3ccc(C)n3)c2)cc1. The molecule has 0 saturated carbocycles. The monoisotopic (exact) mass is 333 g/mol. The molecule has 3 aromatic rings. The third-order valence-electron chi connectivity index (χ3n) is 4.33. The van der Waals surface area contributed by atoms with E-state index in [2.05, 4.69) is 42.5 Å². The lowest BCUT2D eigenvalue weighted by Crippen LogP contribution is -2.17. The van der Waals surface area contributed by atoms with Gasteiger partial charge in [-0.05, 0) is 53.8 Å². The lowest BCUT2D eigenvalue weighted by Gasteiger charge is -2.15. The number of aryl methyl sites for hydroxylation is 1. The first-order chi connectivity index (χ1) is 12.0. The predicted octanol–water partition coefficient (Wildman–Crippen LogP) is 4.33. The Bertz CT molecular complexity index is 892. The van der Waals surface area contributed by atoms with Crippen LogP contribution >= 0.6 is 0 Å². The first-order valence-corrected chi connectivity index (χ1v) is 8.48. The van der Waals surface area contributed by atoms with E-state index < -0.39 is 0 Å². The molecule has 25 heavy (non-hydrogen) atoms. The molecule has 1 heterocycles. The first-order valence-electron chi connectivity index (χ1n) is 8.48. The zero-order valence-electron chi connectivity index (χ0n) is 15.1. The molecule has 128 valence electrons. The van der Waals surface area contributed by atoms with Crippen LogP contribution in [0.25, 0.3) is 16.8 Å². The van der Waals surface area contributed by atoms with E-state index in [1.807, 2.05) is 48.1 Å². The maximum Gasteiger partial charge on any atom is 0.251 e. The molecule has 1 amide bonds. The summed E-state index contributed by atoms with van der Waals surface area (Å²) in [4.78, 5) is 11.7. The maximum atomic E-state index is 11.7. The molecule has 4 heteroatoms. The zero-order chi connectivity index (χ0) is 18.0. The van der Waals surface area contributed by atoms with Gasteiger partial charge in [0.05, 0.1) is 11.4 Å². The summed E-state index contributed by atoms with van der Waals surface area (Å²) in [6.45, 7) is 6.37. The van der Waals surface area contributed by atoms with Crippen molar-refractivity contribution in [1.82, 2.24) is 15.1 Å². The Hall–Kier alpha value is -2.88. The van der Waals surface area contributed by atoms with Crippen LogP contribution in [-0.4, -0.2) is 22.7 Å². The molecule has 0 saturated heterocycles. The van der Waals surface area contributed by atoms with Crippen molar-refractivity contribution in [3.8, 4) is 16.8 Å². The van der Waals surface area contributed by atoms with Gasteiger partial charge in [-0.2, -0.15) is 5.10 Å². The molecule has 0 fully saturated rings. The summed E-state index contributed by atoms with van der Waals surface area (Å²) in [5, 5.41) is 7.21. The van der Waals surface area contributed by atoms with Gasteiger partial charge in [0.15, 0.2) is 0 Å². The summed E-state index contributed by atoms with van der Waals surface area (Å²) in [5.41, 5.74) is 6.19. The largest absolute Gasteiger partial charge is 0.355 e. The highest BCUT2D eigenvalue weighted by Crippen LogP contribution is 2.29. The molecule has 0 aliphatic carbocycles. The molecule has 1 N–H and O–H groups in total. The number of aromatic nitrogens is 2. The van der Waals surface area contributed by atoms with Crippen LogP contribution in [-0.2, 0) is 0 Å². The third-order valence-corrected chi connectivity index (χ3v) is 4.33. The van der Waals surface area contributed by atoms with Crippen molar-refractivity contribution in [1.29, 1.82) is 0 Å². The van der Waals surface area contributed by atoms with Gasteiger partial charge in [0, 0.05) is 18.8 Å². The van der Waals surface area contributed by atoms with Crippen LogP contribution in [0.4, 0.5) is 0 Å². The van der Waals surface area contributed by atoms with Crippen molar-refractivity contribution < 1.29 is 4.79 Å². The molecular weight excluding hydrogens is 310 g/mol. The average Bonchev–Trinajstić information content (AvgIpc) is 3.07. The van der Waals surface area contributed by atoms with E-state index in [-0.39, 0.29) is 5.91 Å². The Morgan fingerprint density at radius 2 is 1.72 bits per heavy atom. The molecule has 1 aromatic heterocycles. The first kappa shape index (κ1) is 17.0. The quantitative estimate of drug-likeness (QED) is 0.772. The lowest BCUT2D eigenvalue weighted by atomic mass is 9.96. The number of nitrogens with one attached hydrogen (secondary N) is 1. The molecule has 2 aromatic carbocycles. The second-order valence-corrected chi connectivity index (χ2v) is 6.49. The Morgan fingerprint density at radius 3 is 2.28 bits per heavy atom. The Labute approximate surface area is 148 Å². The third kappa shape index (κ3) is 3.48. The molecule has 0 aliphatic rings. The molecule has 0 aliphatic heterocycles. The van der Waals surface area contributed by atoms with Crippen molar-refractivity contribution in [2.45, 2.75) is 26.7 Å². The van der Waals surface area contributed by atoms with Crippen LogP contribution in [0.3, 0.4) is 0 Å². The second-order valence-electron chi connectivity index (χ2n) is 6.49. The summed E-state index contributed by atoms with van der Waals surface area (Å²) in [5.74, 6) is 0.332. The molecule has 0 radical (unpaired) electrons. The molecule has 0 atom stereocenters. The predicted molar refractivity (Wildman–Crippen MR) is 101 cm³/mol. The number of rotatable bonds is 4. The molecular formula is C21H23N3O. The minimum absolute atomic E-state index is 0.0746. The second kappa shape index (κ2) is 6.93. The fourth-order valence-corrected chi connectivity index (χ4v) is 2.92. The number of carbonyl (C=O) groups is 1. The zero-order valence-corrected chi connectivity index (χ0v) is 15.1. The van der Waals surface area contributed by atoms with E-state index in [0.29, 0.717) is 11.5 Å². The molecule has 3 rings (SSSR count). The standard InChI is InChI=1S/C21H23N3O/c1-14(2)19-10-9-18(13-20(19)24-12-11-15(3)23-24)16-5-7-17(8-6-16)21(25)22-4/h5-14H,1-4H3,(H,22,25). The van der Waals surface area contributed by atoms with Crippen LogP contribution in [0, 0.1) is 6.92 Å². The van der Waals surface area contributed by atoms with E-state index in [1.165, 1.54) is 5.56 Å². The normalized spacial score (nSPS) is 10.9. The van der Waals surface area contributed by atoms with E-state index in [4.69, 9.17) is 0 Å². The maximum absolute atomic E-state index is 11.7. The molecule has 0 spiro atoms. The van der Waals surface area contributed by atoms with Crippen molar-refractivity contribution >= 4 is 5.91 Å². The van der Waals surface area contributed by atoms with Crippen molar-refractivity contribution in [2.75, 3.05) is 7.05 Å². The number of benzene rings is 2. The van der Waals surface area contributed by atoms with Crippen molar-refractivity contribution in [2.24, 2.45) is 0 Å². The average molecular weight is 333 g/mol. The molecule has 0 bridgehead atoms. The summed E-state index contributed by atoms with van der Waals surface area (Å²) in [7, 11) is 1.64. The van der Waals surface area contributed by atoms with E-state index in [1.54, 1.807) is 7.05 Å². The van der Waals surface area contributed by atoms with E-state index in [0.717, 1.165) is 22.5 Å². The highest BCUT2D eigenvalue weighted by Gasteiger charge is 2.12. The minimum Gasteiger partial charge on any atom is -0.355 e. The van der Waals surface area contributed by atoms with Gasteiger partial charge in [-0.1, -0.05) is 38.1 Å². The summed E-state index contributed by atoms with van der Waals surface area (Å²) >= 11 is 0. The van der Waals surface area contributed by atoms with Crippen molar-refractivity contribution in [3.05, 3.63) is 71.5 Å². The van der Waals surface area contributed by atoms with Crippen LogP contribution in [0.2, 0.25) is 0 Å². The van der Waals surface area contributed by atoms with Crippen LogP contribution < -0.4 is 5.32 Å². The van der Waals surface area contributed by atoms with Gasteiger partial charge in [-0.25, -0.2) is 4.68 Å². The summed E-state index contributed by atoms with van der Waals surface area (Å²) in [6, 6.07) is 16.1. The summed E-state index contributed by atoms with van der Waals surface area (Å²) in [6.07, 6.45) is 2.00. The van der Waals surface area contributed by atoms with Gasteiger partial charge in [0.1, 0.15) is 0 Å². The lowest BCUT2D eigenvalue weighted by molar-refractivity contribution is 0.0963. The van der Waals surface area contributed by atoms with Gasteiger partial charge >= 0.3 is 0 Å². The number of hydrogen-bond acceptors (Lipinski definition) is 2. The fraction of sp³-hybridized carbons (Fsp3) is 0.238. The highest BCUT2D eigenvalue weighted by atomic mass is 16.1. The van der Waals surface area contributed by atoms with Gasteiger partial charge in [0.2, 0.25) is 0 Å². The van der Waals surface area contributed by atoms with Gasteiger partial charge < -0.3 is 5.32 Å². The Balaban J connectivity index is 2.04. The van der Waals surface area contributed by atoms with Crippen LogP contribution in [0.15, 0.2) is 54.7 Å². The number of hydrogen-bond donors (Lipinski definition) is 1. The summed E-state index contributed by atoms with van der Waals surface area (Å²) < 4.78 is 1.94. The van der Waals surface area contributed by atoms with Gasteiger partial charge in [-0.3, -0.25) is 4.79 Å². The highest BCUT2D eigenvalue weighted by molar-refractivity contribution is 5.94. The van der Waals surface area contributed by atoms with Crippen LogP contribution in [0.1, 0.15) is 41.4 Å². The molecule has 0 unspecified atom stereocenters. The van der Waals surface area contributed by atoms with Gasteiger partial charge in [-0.15, -0.1) is 0 Å². The van der Waals surface area contributed by atoms with E-state index in [9.17, 15) is 4.79 Å². The smallest absolute Gasteiger partial charge is 0.251 e. The minimum atomic E-state index is -0.0746. The Morgan fingerprint density at radius 1 is 1.04 bits per heavy atom. The van der Waals surface area contributed by atoms with Gasteiger partial charge in [0.25, 0.3) is 5.91 Å². The van der Waals surface area contributed by atoms with E-state index >= 15 is 0 Å².